The van der Waals surface area contributed by atoms with Crippen molar-refractivity contribution < 1.29 is 4.79 Å². The molecule has 0 bridgehead atoms. The van der Waals surface area contributed by atoms with Gasteiger partial charge in [0.05, 0.1) is 16.1 Å². The fraction of sp³-hybridized carbons (Fsp3) is 0.714. The van der Waals surface area contributed by atoms with E-state index in [-0.39, 0.29) is 11.3 Å². The number of nitrogens with one attached hydrogen (secondary N) is 2. The molecule has 0 saturated heterocycles. The summed E-state index contributed by atoms with van der Waals surface area (Å²) in [6, 6.07) is 0. The third-order valence-corrected chi connectivity index (χ3v) is 4.22. The minimum Gasteiger partial charge on any atom is -0.359 e. The molecule has 1 heterocycles. The van der Waals surface area contributed by atoms with E-state index < -0.39 is 5.41 Å². The summed E-state index contributed by atoms with van der Waals surface area (Å²) in [5, 5.41) is 9.22. The second-order valence-corrected chi connectivity index (χ2v) is 7.32. The third kappa shape index (κ3) is 4.58. The lowest BCUT2D eigenvalue weighted by atomic mass is 9.92. The van der Waals surface area contributed by atoms with Crippen molar-refractivity contribution in [2.75, 3.05) is 13.6 Å². The lowest BCUT2D eigenvalue weighted by Gasteiger charge is -2.22. The molecule has 0 spiro atoms. The van der Waals surface area contributed by atoms with E-state index in [9.17, 15) is 4.79 Å². The van der Waals surface area contributed by atoms with Gasteiger partial charge in [0, 0.05) is 30.9 Å². The van der Waals surface area contributed by atoms with Crippen LogP contribution in [-0.4, -0.2) is 24.5 Å². The Labute approximate surface area is 120 Å². The summed E-state index contributed by atoms with van der Waals surface area (Å²) in [7, 11) is 1.67. The van der Waals surface area contributed by atoms with Crippen LogP contribution < -0.4 is 10.6 Å². The van der Waals surface area contributed by atoms with Gasteiger partial charge in [-0.05, 0) is 13.8 Å². The number of aromatic nitrogens is 1. The molecule has 108 valence electrons. The van der Waals surface area contributed by atoms with Crippen molar-refractivity contribution >= 4 is 17.2 Å². The van der Waals surface area contributed by atoms with Gasteiger partial charge < -0.3 is 10.6 Å². The molecule has 1 aromatic heterocycles. The molecule has 0 aliphatic heterocycles. The zero-order chi connectivity index (χ0) is 14.7. The summed E-state index contributed by atoms with van der Waals surface area (Å²) in [6.07, 6.45) is 0. The first kappa shape index (κ1) is 16.1. The van der Waals surface area contributed by atoms with E-state index in [0.717, 1.165) is 10.7 Å². The van der Waals surface area contributed by atoms with Crippen LogP contribution in [0, 0.1) is 5.41 Å². The fourth-order valence-corrected chi connectivity index (χ4v) is 2.56. The van der Waals surface area contributed by atoms with Crippen LogP contribution in [0.4, 0.5) is 0 Å². The molecule has 5 heteroatoms. The van der Waals surface area contributed by atoms with E-state index >= 15 is 0 Å². The van der Waals surface area contributed by atoms with E-state index in [2.05, 4.69) is 41.8 Å². The summed E-state index contributed by atoms with van der Waals surface area (Å²) < 4.78 is 0. The van der Waals surface area contributed by atoms with Crippen LogP contribution in [0.1, 0.15) is 45.3 Å². The van der Waals surface area contributed by atoms with Crippen LogP contribution >= 0.6 is 11.3 Å². The van der Waals surface area contributed by atoms with Crippen LogP contribution in [0.3, 0.4) is 0 Å². The topological polar surface area (TPSA) is 54.0 Å². The maximum atomic E-state index is 11.6. The Bertz CT molecular complexity index is 432. The molecule has 2 N–H and O–H groups in total. The Morgan fingerprint density at radius 2 is 1.95 bits per heavy atom. The second-order valence-electron chi connectivity index (χ2n) is 6.46. The first-order valence-electron chi connectivity index (χ1n) is 6.54. The van der Waals surface area contributed by atoms with Gasteiger partial charge in [0.25, 0.3) is 0 Å². The number of rotatable bonds is 5. The largest absolute Gasteiger partial charge is 0.359 e. The van der Waals surface area contributed by atoms with E-state index in [0.29, 0.717) is 13.1 Å². The summed E-state index contributed by atoms with van der Waals surface area (Å²) in [4.78, 5) is 16.3. The highest BCUT2D eigenvalue weighted by Gasteiger charge is 2.26. The highest BCUT2D eigenvalue weighted by Crippen LogP contribution is 2.25. The predicted molar refractivity (Wildman–Crippen MR) is 80.4 cm³/mol. The predicted octanol–water partition coefficient (Wildman–Crippen LogP) is 2.30. The SMILES string of the molecule is CNC(=O)C(C)(C)CNCc1csc(C(C)(C)C)n1. The van der Waals surface area contributed by atoms with Gasteiger partial charge >= 0.3 is 0 Å². The molecule has 0 aliphatic rings. The Hall–Kier alpha value is -0.940. The number of nitrogens with zero attached hydrogens (tertiary/aromatic N) is 1. The van der Waals surface area contributed by atoms with E-state index in [1.165, 1.54) is 0 Å². The number of hydrogen-bond donors (Lipinski definition) is 2. The third-order valence-electron chi connectivity index (χ3n) is 2.91. The summed E-state index contributed by atoms with van der Waals surface area (Å²) in [5.41, 5.74) is 0.740. The maximum Gasteiger partial charge on any atom is 0.226 e. The zero-order valence-corrected chi connectivity index (χ0v) is 13.6. The van der Waals surface area contributed by atoms with Crippen LogP contribution in [0.5, 0.6) is 0 Å². The lowest BCUT2D eigenvalue weighted by Crippen LogP contribution is -2.41. The van der Waals surface area contributed by atoms with Crippen LogP contribution in [0.15, 0.2) is 5.38 Å². The van der Waals surface area contributed by atoms with Gasteiger partial charge in [0.15, 0.2) is 0 Å². The van der Waals surface area contributed by atoms with Crippen molar-refractivity contribution in [2.45, 2.75) is 46.6 Å². The molecule has 0 unspecified atom stereocenters. The number of amides is 1. The minimum absolute atomic E-state index is 0.0497. The first-order chi connectivity index (χ1) is 8.66. The van der Waals surface area contributed by atoms with Gasteiger partial charge in [-0.1, -0.05) is 20.8 Å². The molecule has 19 heavy (non-hydrogen) atoms. The normalized spacial score (nSPS) is 12.5. The van der Waals surface area contributed by atoms with Gasteiger partial charge in [-0.25, -0.2) is 4.98 Å². The molecule has 0 fully saturated rings. The summed E-state index contributed by atoms with van der Waals surface area (Å²) in [6.45, 7) is 11.7. The summed E-state index contributed by atoms with van der Waals surface area (Å²) in [5.74, 6) is 0.0497. The van der Waals surface area contributed by atoms with E-state index in [1.54, 1.807) is 18.4 Å². The Morgan fingerprint density at radius 3 is 2.42 bits per heavy atom. The molecule has 0 atom stereocenters. The van der Waals surface area contributed by atoms with E-state index in [1.807, 2.05) is 13.8 Å². The van der Waals surface area contributed by atoms with E-state index in [4.69, 9.17) is 0 Å². The van der Waals surface area contributed by atoms with Crippen molar-refractivity contribution in [2.24, 2.45) is 5.41 Å². The molecule has 1 rings (SSSR count). The summed E-state index contributed by atoms with van der Waals surface area (Å²) >= 11 is 1.69. The van der Waals surface area contributed by atoms with Gasteiger partial charge in [0.1, 0.15) is 0 Å². The zero-order valence-electron chi connectivity index (χ0n) is 12.8. The van der Waals surface area contributed by atoms with Gasteiger partial charge in [0.2, 0.25) is 5.91 Å². The second kappa shape index (κ2) is 6.01. The Morgan fingerprint density at radius 1 is 1.32 bits per heavy atom. The van der Waals surface area contributed by atoms with Crippen molar-refractivity contribution in [3.05, 3.63) is 16.1 Å². The van der Waals surface area contributed by atoms with Crippen molar-refractivity contribution in [1.29, 1.82) is 0 Å². The Kier molecular flexibility index (Phi) is 5.10. The molecule has 1 amide bonds. The number of carbonyl (C=O) groups is 1. The molecular weight excluding hydrogens is 258 g/mol. The smallest absolute Gasteiger partial charge is 0.226 e. The molecule has 4 nitrogen and oxygen atoms in total. The van der Waals surface area contributed by atoms with Crippen molar-refractivity contribution in [1.82, 2.24) is 15.6 Å². The average Bonchev–Trinajstić information content (AvgIpc) is 2.76. The van der Waals surface area contributed by atoms with Gasteiger partial charge in [-0.3, -0.25) is 4.79 Å². The first-order valence-corrected chi connectivity index (χ1v) is 7.42. The van der Waals surface area contributed by atoms with Crippen molar-refractivity contribution in [3.63, 3.8) is 0 Å². The minimum atomic E-state index is -0.405. The monoisotopic (exact) mass is 283 g/mol. The average molecular weight is 283 g/mol. The molecule has 0 aromatic carbocycles. The quantitative estimate of drug-likeness (QED) is 0.872. The maximum absolute atomic E-state index is 11.6. The lowest BCUT2D eigenvalue weighted by molar-refractivity contribution is -0.128. The van der Waals surface area contributed by atoms with Crippen LogP contribution in [0.25, 0.3) is 0 Å². The highest BCUT2D eigenvalue weighted by molar-refractivity contribution is 7.09. The molecular formula is C14H25N3OS. The van der Waals surface area contributed by atoms with Gasteiger partial charge in [-0.15, -0.1) is 11.3 Å². The van der Waals surface area contributed by atoms with Crippen LogP contribution in [0.2, 0.25) is 0 Å². The standard InChI is InChI=1S/C14H25N3OS/c1-13(2,3)12-17-10(8-19-12)7-16-9-14(4,5)11(18)15-6/h8,16H,7,9H2,1-6H3,(H,15,18). The van der Waals surface area contributed by atoms with Crippen molar-refractivity contribution in [3.8, 4) is 0 Å². The number of carbonyl (C=O) groups excluding carboxylic acids is 1. The fourth-order valence-electron chi connectivity index (χ4n) is 1.65. The highest BCUT2D eigenvalue weighted by atomic mass is 32.1. The Balaban J connectivity index is 2.50. The van der Waals surface area contributed by atoms with Crippen LogP contribution in [-0.2, 0) is 16.8 Å². The molecule has 0 radical (unpaired) electrons. The molecule has 0 aliphatic carbocycles. The van der Waals surface area contributed by atoms with Gasteiger partial charge in [-0.2, -0.15) is 0 Å². The molecule has 0 saturated carbocycles. The molecule has 1 aromatic rings. The number of thiazole rings is 1. The number of hydrogen-bond acceptors (Lipinski definition) is 4.